The topological polar surface area (TPSA) is 44.6 Å². The summed E-state index contributed by atoms with van der Waals surface area (Å²) in [7, 11) is 2.19. The van der Waals surface area contributed by atoms with Gasteiger partial charge in [-0.25, -0.2) is 14.3 Å². The van der Waals surface area contributed by atoms with Crippen LogP contribution in [-0.4, -0.2) is 83.1 Å². The SMILES string of the molecule is CCCCN1CC(CCN2CCN(C)CC2)c2nc3ccccc3n2C1=O. The van der Waals surface area contributed by atoms with Crippen LogP contribution in [-0.2, 0) is 0 Å². The fraction of sp³-hybridized carbons (Fsp3) is 0.619. The van der Waals surface area contributed by atoms with Gasteiger partial charge in [0, 0.05) is 45.2 Å². The Labute approximate surface area is 161 Å². The van der Waals surface area contributed by atoms with Crippen LogP contribution in [0, 0.1) is 0 Å². The Hall–Kier alpha value is -1.92. The predicted molar refractivity (Wildman–Crippen MR) is 108 cm³/mol. The maximum Gasteiger partial charge on any atom is 0.330 e. The summed E-state index contributed by atoms with van der Waals surface area (Å²) in [6.45, 7) is 9.46. The molecule has 0 radical (unpaired) electrons. The number of benzene rings is 1. The van der Waals surface area contributed by atoms with Crippen molar-refractivity contribution in [2.75, 3.05) is 52.9 Å². The molecule has 0 spiro atoms. The first-order valence-corrected chi connectivity index (χ1v) is 10.3. The summed E-state index contributed by atoms with van der Waals surface area (Å²) < 4.78 is 1.88. The number of carbonyl (C=O) groups excluding carboxylic acids is 1. The number of unbranched alkanes of at least 4 members (excludes halogenated alkanes) is 1. The molecular formula is C21H31N5O. The molecule has 27 heavy (non-hydrogen) atoms. The highest BCUT2D eigenvalue weighted by atomic mass is 16.2. The first-order chi connectivity index (χ1) is 13.2. The van der Waals surface area contributed by atoms with Crippen molar-refractivity contribution < 1.29 is 4.79 Å². The van der Waals surface area contributed by atoms with Gasteiger partial charge in [-0.15, -0.1) is 0 Å². The van der Waals surface area contributed by atoms with E-state index in [9.17, 15) is 4.79 Å². The fourth-order valence-corrected chi connectivity index (χ4v) is 4.25. The number of aromatic nitrogens is 2. The van der Waals surface area contributed by atoms with E-state index in [0.717, 1.165) is 81.9 Å². The molecule has 0 N–H and O–H groups in total. The Balaban J connectivity index is 1.57. The summed E-state index contributed by atoms with van der Waals surface area (Å²) in [5, 5.41) is 0. The van der Waals surface area contributed by atoms with Crippen molar-refractivity contribution in [3.8, 4) is 0 Å². The number of fused-ring (bicyclic) bond motifs is 3. The molecule has 1 saturated heterocycles. The van der Waals surface area contributed by atoms with Crippen LogP contribution < -0.4 is 0 Å². The fourth-order valence-electron chi connectivity index (χ4n) is 4.25. The summed E-state index contributed by atoms with van der Waals surface area (Å²) in [6, 6.07) is 8.13. The normalized spacial score (nSPS) is 21.8. The second kappa shape index (κ2) is 7.98. The van der Waals surface area contributed by atoms with E-state index >= 15 is 0 Å². The molecule has 1 aromatic heterocycles. The Morgan fingerprint density at radius 2 is 1.89 bits per heavy atom. The summed E-state index contributed by atoms with van der Waals surface area (Å²) in [4.78, 5) is 25.0. The minimum Gasteiger partial charge on any atom is -0.323 e. The van der Waals surface area contributed by atoms with Gasteiger partial charge in [0.05, 0.1) is 11.0 Å². The van der Waals surface area contributed by atoms with Crippen molar-refractivity contribution in [2.24, 2.45) is 0 Å². The average molecular weight is 370 g/mol. The van der Waals surface area contributed by atoms with Crippen molar-refractivity contribution in [3.05, 3.63) is 30.1 Å². The number of para-hydroxylation sites is 2. The number of amides is 1. The number of imidazole rings is 1. The summed E-state index contributed by atoms with van der Waals surface area (Å²) >= 11 is 0. The lowest BCUT2D eigenvalue weighted by molar-refractivity contribution is 0.143. The van der Waals surface area contributed by atoms with E-state index in [2.05, 4.69) is 23.8 Å². The zero-order valence-electron chi connectivity index (χ0n) is 16.6. The summed E-state index contributed by atoms with van der Waals surface area (Å²) in [5.74, 6) is 1.27. The molecule has 1 aromatic carbocycles. The largest absolute Gasteiger partial charge is 0.330 e. The van der Waals surface area contributed by atoms with Crippen molar-refractivity contribution in [1.29, 1.82) is 0 Å². The molecule has 146 valence electrons. The molecule has 1 unspecified atom stereocenters. The zero-order chi connectivity index (χ0) is 18.8. The van der Waals surface area contributed by atoms with Crippen LogP contribution in [0.3, 0.4) is 0 Å². The van der Waals surface area contributed by atoms with E-state index in [1.54, 1.807) is 0 Å². The lowest BCUT2D eigenvalue weighted by atomic mass is 10.0. The van der Waals surface area contributed by atoms with Gasteiger partial charge in [0.25, 0.3) is 0 Å². The summed E-state index contributed by atoms with van der Waals surface area (Å²) in [5.41, 5.74) is 1.88. The number of piperazine rings is 1. The lowest BCUT2D eigenvalue weighted by Crippen LogP contribution is -2.47. The molecule has 6 heteroatoms. The van der Waals surface area contributed by atoms with Gasteiger partial charge in [-0.3, -0.25) is 0 Å². The molecule has 0 saturated carbocycles. The highest BCUT2D eigenvalue weighted by molar-refractivity contribution is 5.91. The standard InChI is InChI=1S/C21H31N5O/c1-3-4-10-25-16-17(9-11-24-14-12-23(2)13-15-24)20-22-18-7-5-6-8-19(18)26(20)21(25)27/h5-8,17H,3-4,9-16H2,1-2H3. The Morgan fingerprint density at radius 3 is 2.67 bits per heavy atom. The van der Waals surface area contributed by atoms with Gasteiger partial charge in [-0.05, 0) is 38.6 Å². The van der Waals surface area contributed by atoms with E-state index in [1.807, 2.05) is 33.7 Å². The van der Waals surface area contributed by atoms with Crippen LogP contribution in [0.2, 0.25) is 0 Å². The van der Waals surface area contributed by atoms with Crippen LogP contribution in [0.15, 0.2) is 24.3 Å². The average Bonchev–Trinajstić information content (AvgIpc) is 3.08. The van der Waals surface area contributed by atoms with E-state index in [1.165, 1.54) is 0 Å². The van der Waals surface area contributed by atoms with Gasteiger partial charge >= 0.3 is 6.03 Å². The minimum absolute atomic E-state index is 0.1000. The molecule has 1 fully saturated rings. The molecule has 0 aliphatic carbocycles. The van der Waals surface area contributed by atoms with Gasteiger partial charge in [0.15, 0.2) is 0 Å². The molecule has 0 bridgehead atoms. The third-order valence-corrected chi connectivity index (χ3v) is 6.03. The maximum atomic E-state index is 13.1. The number of nitrogens with zero attached hydrogens (tertiary/aromatic N) is 5. The third-order valence-electron chi connectivity index (χ3n) is 6.03. The minimum atomic E-state index is 0.1000. The van der Waals surface area contributed by atoms with Gasteiger partial charge in [0.1, 0.15) is 5.82 Å². The van der Waals surface area contributed by atoms with Crippen molar-refractivity contribution in [2.45, 2.75) is 32.1 Å². The quantitative estimate of drug-likeness (QED) is 0.785. The molecule has 4 rings (SSSR count). The molecule has 1 atom stereocenters. The molecule has 2 aromatic rings. The molecular weight excluding hydrogens is 338 g/mol. The predicted octanol–water partition coefficient (Wildman–Crippen LogP) is 2.84. The van der Waals surface area contributed by atoms with Crippen molar-refractivity contribution in [3.63, 3.8) is 0 Å². The molecule has 6 nitrogen and oxygen atoms in total. The van der Waals surface area contributed by atoms with Crippen molar-refractivity contribution in [1.82, 2.24) is 24.3 Å². The highest BCUT2D eigenvalue weighted by Crippen LogP contribution is 2.30. The van der Waals surface area contributed by atoms with Crippen LogP contribution in [0.4, 0.5) is 4.79 Å². The van der Waals surface area contributed by atoms with Crippen LogP contribution >= 0.6 is 0 Å². The van der Waals surface area contributed by atoms with Gasteiger partial charge in [-0.2, -0.15) is 0 Å². The van der Waals surface area contributed by atoms with E-state index in [-0.39, 0.29) is 6.03 Å². The monoisotopic (exact) mass is 369 g/mol. The Bertz CT molecular complexity index is 793. The van der Waals surface area contributed by atoms with E-state index < -0.39 is 0 Å². The second-order valence-corrected chi connectivity index (χ2v) is 8.01. The number of carbonyl (C=O) groups is 1. The van der Waals surface area contributed by atoms with Crippen molar-refractivity contribution >= 4 is 17.1 Å². The molecule has 1 amide bonds. The van der Waals surface area contributed by atoms with E-state index in [0.29, 0.717) is 5.92 Å². The highest BCUT2D eigenvalue weighted by Gasteiger charge is 2.34. The second-order valence-electron chi connectivity index (χ2n) is 8.01. The number of hydrogen-bond donors (Lipinski definition) is 0. The lowest BCUT2D eigenvalue weighted by Gasteiger charge is -2.36. The number of likely N-dealkylation sites (N-methyl/N-ethyl adjacent to an activating group) is 1. The van der Waals surface area contributed by atoms with Gasteiger partial charge in [0.2, 0.25) is 0 Å². The summed E-state index contributed by atoms with van der Waals surface area (Å²) in [6.07, 6.45) is 3.22. The first-order valence-electron chi connectivity index (χ1n) is 10.3. The van der Waals surface area contributed by atoms with E-state index in [4.69, 9.17) is 4.98 Å². The smallest absolute Gasteiger partial charge is 0.323 e. The van der Waals surface area contributed by atoms with Gasteiger partial charge < -0.3 is 14.7 Å². The zero-order valence-corrected chi connectivity index (χ0v) is 16.6. The van der Waals surface area contributed by atoms with Crippen LogP contribution in [0.1, 0.15) is 37.9 Å². The molecule has 2 aliphatic rings. The first kappa shape index (κ1) is 18.4. The Morgan fingerprint density at radius 1 is 1.11 bits per heavy atom. The Kier molecular flexibility index (Phi) is 5.45. The maximum absolute atomic E-state index is 13.1. The van der Waals surface area contributed by atoms with Gasteiger partial charge in [-0.1, -0.05) is 25.5 Å². The van der Waals surface area contributed by atoms with Crippen LogP contribution in [0.5, 0.6) is 0 Å². The number of rotatable bonds is 6. The molecule has 2 aliphatic heterocycles. The number of hydrogen-bond acceptors (Lipinski definition) is 4. The van der Waals surface area contributed by atoms with Crippen LogP contribution in [0.25, 0.3) is 11.0 Å². The molecule has 3 heterocycles. The third kappa shape index (κ3) is 3.73.